The molecule has 0 spiro atoms. The van der Waals surface area contributed by atoms with Crippen LogP contribution in [0.1, 0.15) is 0 Å². The van der Waals surface area contributed by atoms with Gasteiger partial charge in [-0.05, 0) is 143 Å². The summed E-state index contributed by atoms with van der Waals surface area (Å²) in [6, 6.07) is 109. The summed E-state index contributed by atoms with van der Waals surface area (Å²) < 4.78 is 0. The smallest absolute Gasteiger partial charge is 0.252 e. The molecule has 2 heterocycles. The molecule has 2 aliphatic rings. The number of para-hydroxylation sites is 1. The van der Waals surface area contributed by atoms with Crippen molar-refractivity contribution in [1.29, 1.82) is 0 Å². The number of rotatable bonds is 9. The molecule has 0 amide bonds. The molecule has 75 heavy (non-hydrogen) atoms. The summed E-state index contributed by atoms with van der Waals surface area (Å²) in [7, 11) is 0. The summed E-state index contributed by atoms with van der Waals surface area (Å²) in [4.78, 5) is 5.08. The van der Waals surface area contributed by atoms with Crippen LogP contribution in [-0.2, 0) is 0 Å². The standard InChI is InChI=1S/C72H49BN2/c1-6-21-50(22-7-1)52-37-42-59(43-38-52)74-67-36-19-18-35-65(67)73-66-47-57(62-32-17-16-31-61(62)54-25-10-3-11-26-54)41-46-68(66)75(60-44-39-53(40-45-60)51-23-8-2-9-24-51)70-49-58(48-69(74)72(70)73)71-63(55-27-12-4-13-28-55)33-20-34-64(71)56-29-14-5-15-30-56/h1-49H. The van der Waals surface area contributed by atoms with Gasteiger partial charge in [-0.3, -0.25) is 0 Å². The third-order valence-corrected chi connectivity index (χ3v) is 15.3. The minimum absolute atomic E-state index is 0.0864. The van der Waals surface area contributed by atoms with Crippen molar-refractivity contribution >= 4 is 57.2 Å². The molecule has 12 aromatic carbocycles. The minimum Gasteiger partial charge on any atom is -0.311 e. The normalized spacial score (nSPS) is 12.2. The van der Waals surface area contributed by atoms with Crippen LogP contribution in [0.3, 0.4) is 0 Å². The van der Waals surface area contributed by atoms with Crippen molar-refractivity contribution in [2.45, 2.75) is 0 Å². The number of fused-ring (bicyclic) bond motifs is 4. The van der Waals surface area contributed by atoms with E-state index in [-0.39, 0.29) is 6.71 Å². The van der Waals surface area contributed by atoms with Crippen LogP contribution in [0.15, 0.2) is 297 Å². The Morgan fingerprint density at radius 2 is 0.573 bits per heavy atom. The summed E-state index contributed by atoms with van der Waals surface area (Å²) in [5.41, 5.74) is 27.3. The predicted molar refractivity (Wildman–Crippen MR) is 319 cm³/mol. The molecule has 350 valence electrons. The highest BCUT2D eigenvalue weighted by Crippen LogP contribution is 2.50. The van der Waals surface area contributed by atoms with Crippen molar-refractivity contribution in [3.63, 3.8) is 0 Å². The Morgan fingerprint density at radius 3 is 1.07 bits per heavy atom. The first-order valence-corrected chi connectivity index (χ1v) is 25.9. The molecule has 0 bridgehead atoms. The van der Waals surface area contributed by atoms with Crippen molar-refractivity contribution in [2.24, 2.45) is 0 Å². The number of anilines is 6. The molecular weight excluding hydrogens is 904 g/mol. The van der Waals surface area contributed by atoms with E-state index in [1.165, 1.54) is 100 Å². The summed E-state index contributed by atoms with van der Waals surface area (Å²) in [6.45, 7) is -0.0864. The molecule has 0 saturated heterocycles. The highest BCUT2D eigenvalue weighted by molar-refractivity contribution is 7.00. The van der Waals surface area contributed by atoms with Gasteiger partial charge >= 0.3 is 0 Å². The van der Waals surface area contributed by atoms with Crippen LogP contribution in [0.5, 0.6) is 0 Å². The Hall–Kier alpha value is -9.70. The molecule has 0 aromatic heterocycles. The fraction of sp³-hybridized carbons (Fsp3) is 0. The zero-order valence-electron chi connectivity index (χ0n) is 41.3. The molecule has 0 radical (unpaired) electrons. The lowest BCUT2D eigenvalue weighted by atomic mass is 9.33. The Bertz CT molecular complexity index is 3950. The molecule has 14 rings (SSSR count). The lowest BCUT2D eigenvalue weighted by molar-refractivity contribution is 1.25. The SMILES string of the molecule is c1ccc(-c2ccc(N3c4ccccc4B4c5cc(-c6ccccc6-c6ccccc6)ccc5N(c5ccc(-c6ccccc6)cc5)c5cc(-c6c(-c7ccccc7)cccc6-c6ccccc6)cc3c54)cc2)cc1. The van der Waals surface area contributed by atoms with Crippen LogP contribution in [0.2, 0.25) is 0 Å². The van der Waals surface area contributed by atoms with Gasteiger partial charge in [-0.25, -0.2) is 0 Å². The molecular formula is C72H49BN2. The van der Waals surface area contributed by atoms with Gasteiger partial charge in [0.15, 0.2) is 0 Å². The molecule has 0 unspecified atom stereocenters. The summed E-state index contributed by atoms with van der Waals surface area (Å²) in [5.74, 6) is 0. The molecule has 12 aromatic rings. The summed E-state index contributed by atoms with van der Waals surface area (Å²) in [6.07, 6.45) is 0. The van der Waals surface area contributed by atoms with Gasteiger partial charge < -0.3 is 9.80 Å². The quantitative estimate of drug-likeness (QED) is 0.133. The first-order chi connectivity index (χ1) is 37.2. The third kappa shape index (κ3) is 7.76. The molecule has 0 atom stereocenters. The Morgan fingerprint density at radius 1 is 0.213 bits per heavy atom. The number of hydrogen-bond acceptors (Lipinski definition) is 2. The second-order valence-electron chi connectivity index (χ2n) is 19.6. The van der Waals surface area contributed by atoms with Gasteiger partial charge in [0.25, 0.3) is 6.71 Å². The average molecular weight is 953 g/mol. The lowest BCUT2D eigenvalue weighted by Crippen LogP contribution is -2.61. The van der Waals surface area contributed by atoms with Crippen molar-refractivity contribution in [3.8, 4) is 77.9 Å². The van der Waals surface area contributed by atoms with E-state index in [1.807, 2.05) is 0 Å². The summed E-state index contributed by atoms with van der Waals surface area (Å²) >= 11 is 0. The Kier molecular flexibility index (Phi) is 11.0. The van der Waals surface area contributed by atoms with Crippen molar-refractivity contribution in [3.05, 3.63) is 297 Å². The van der Waals surface area contributed by atoms with Crippen LogP contribution in [0.4, 0.5) is 34.1 Å². The second-order valence-corrected chi connectivity index (χ2v) is 19.6. The van der Waals surface area contributed by atoms with E-state index >= 15 is 0 Å². The van der Waals surface area contributed by atoms with E-state index in [0.29, 0.717) is 0 Å². The van der Waals surface area contributed by atoms with E-state index in [0.717, 1.165) is 28.3 Å². The molecule has 0 N–H and O–H groups in total. The molecule has 0 fully saturated rings. The Balaban J connectivity index is 1.07. The van der Waals surface area contributed by atoms with Crippen molar-refractivity contribution in [2.75, 3.05) is 9.80 Å². The van der Waals surface area contributed by atoms with Crippen LogP contribution in [-0.4, -0.2) is 6.71 Å². The first kappa shape index (κ1) is 44.0. The number of nitrogens with zero attached hydrogens (tertiary/aromatic N) is 2. The van der Waals surface area contributed by atoms with E-state index in [4.69, 9.17) is 0 Å². The fourth-order valence-corrected chi connectivity index (χ4v) is 11.9. The fourth-order valence-electron chi connectivity index (χ4n) is 11.9. The largest absolute Gasteiger partial charge is 0.311 e. The summed E-state index contributed by atoms with van der Waals surface area (Å²) in [5, 5.41) is 0. The van der Waals surface area contributed by atoms with Gasteiger partial charge in [0.05, 0.1) is 0 Å². The maximum Gasteiger partial charge on any atom is 0.252 e. The highest BCUT2D eigenvalue weighted by Gasteiger charge is 2.44. The maximum atomic E-state index is 2.55. The van der Waals surface area contributed by atoms with Gasteiger partial charge in [0.2, 0.25) is 0 Å². The van der Waals surface area contributed by atoms with Gasteiger partial charge in [-0.1, -0.05) is 249 Å². The van der Waals surface area contributed by atoms with Crippen LogP contribution >= 0.6 is 0 Å². The zero-order chi connectivity index (χ0) is 49.7. The van der Waals surface area contributed by atoms with Gasteiger partial charge in [-0.15, -0.1) is 0 Å². The highest BCUT2D eigenvalue weighted by atomic mass is 15.2. The Labute approximate surface area is 439 Å². The molecule has 2 aliphatic heterocycles. The van der Waals surface area contributed by atoms with Crippen molar-refractivity contribution < 1.29 is 0 Å². The van der Waals surface area contributed by atoms with Gasteiger partial charge in [0, 0.05) is 34.1 Å². The van der Waals surface area contributed by atoms with E-state index in [2.05, 4.69) is 307 Å². The minimum atomic E-state index is -0.0864. The van der Waals surface area contributed by atoms with Crippen molar-refractivity contribution in [1.82, 2.24) is 0 Å². The van der Waals surface area contributed by atoms with Gasteiger partial charge in [-0.2, -0.15) is 0 Å². The molecule has 0 saturated carbocycles. The van der Waals surface area contributed by atoms with Crippen LogP contribution in [0.25, 0.3) is 77.9 Å². The van der Waals surface area contributed by atoms with Crippen LogP contribution < -0.4 is 26.2 Å². The number of benzene rings is 12. The zero-order valence-corrected chi connectivity index (χ0v) is 41.3. The first-order valence-electron chi connectivity index (χ1n) is 25.9. The van der Waals surface area contributed by atoms with E-state index in [1.54, 1.807) is 0 Å². The third-order valence-electron chi connectivity index (χ3n) is 15.3. The van der Waals surface area contributed by atoms with E-state index < -0.39 is 0 Å². The number of hydrogen-bond donors (Lipinski definition) is 0. The topological polar surface area (TPSA) is 6.48 Å². The monoisotopic (exact) mass is 952 g/mol. The predicted octanol–water partition coefficient (Wildman–Crippen LogP) is 17.4. The van der Waals surface area contributed by atoms with Gasteiger partial charge in [0.1, 0.15) is 0 Å². The second kappa shape index (κ2) is 18.7. The molecule has 2 nitrogen and oxygen atoms in total. The molecule has 3 heteroatoms. The van der Waals surface area contributed by atoms with E-state index in [9.17, 15) is 0 Å². The van der Waals surface area contributed by atoms with Crippen LogP contribution in [0, 0.1) is 0 Å². The lowest BCUT2D eigenvalue weighted by Gasteiger charge is -2.44. The maximum absolute atomic E-state index is 2.55. The average Bonchev–Trinajstić information content (AvgIpc) is 3.50. The molecule has 0 aliphatic carbocycles.